The van der Waals surface area contributed by atoms with E-state index >= 15 is 0 Å². The molecule has 3 aromatic rings. The molecule has 0 unspecified atom stereocenters. The molecular formula is C24H24BrNO3. The second kappa shape index (κ2) is 10.1. The minimum atomic E-state index is -0.191. The average molecular weight is 454 g/mol. The van der Waals surface area contributed by atoms with Crippen LogP contribution in [0.25, 0.3) is 0 Å². The first-order valence-corrected chi connectivity index (χ1v) is 10.3. The van der Waals surface area contributed by atoms with Gasteiger partial charge in [-0.1, -0.05) is 36.4 Å². The lowest BCUT2D eigenvalue weighted by atomic mass is 10.2. The largest absolute Gasteiger partial charge is 0.493 e. The molecule has 0 atom stereocenters. The summed E-state index contributed by atoms with van der Waals surface area (Å²) in [6, 6.07) is 22.9. The maximum absolute atomic E-state index is 12.6. The first-order valence-electron chi connectivity index (χ1n) is 9.55. The van der Waals surface area contributed by atoms with E-state index in [1.165, 1.54) is 5.56 Å². The summed E-state index contributed by atoms with van der Waals surface area (Å²) >= 11 is 3.46. The number of halogens is 1. The molecule has 0 saturated carbocycles. The summed E-state index contributed by atoms with van der Waals surface area (Å²) in [5, 5.41) is 2.91. The molecule has 0 spiro atoms. The minimum Gasteiger partial charge on any atom is -0.493 e. The van der Waals surface area contributed by atoms with Gasteiger partial charge in [-0.05, 0) is 65.7 Å². The first-order chi connectivity index (χ1) is 14.0. The zero-order valence-corrected chi connectivity index (χ0v) is 18.1. The van der Waals surface area contributed by atoms with E-state index in [9.17, 15) is 4.79 Å². The van der Waals surface area contributed by atoms with E-state index in [1.54, 1.807) is 18.2 Å². The number of ether oxygens (including phenoxy) is 2. The van der Waals surface area contributed by atoms with Crippen molar-refractivity contribution < 1.29 is 14.3 Å². The molecule has 0 bridgehead atoms. The maximum atomic E-state index is 12.6. The van der Waals surface area contributed by atoms with Gasteiger partial charge in [0.1, 0.15) is 11.5 Å². The monoisotopic (exact) mass is 453 g/mol. The van der Waals surface area contributed by atoms with Gasteiger partial charge in [0.15, 0.2) is 0 Å². The first kappa shape index (κ1) is 20.9. The standard InChI is InChI=1S/C24H24BrNO3/c1-17(2)29-23-12-11-19(15-22(23)25)24(27)26-20-9-6-10-21(16-20)28-14-13-18-7-4-3-5-8-18/h3-12,15-17H,13-14H2,1-2H3,(H,26,27). The molecule has 29 heavy (non-hydrogen) atoms. The van der Waals surface area contributed by atoms with Crippen LogP contribution in [0.1, 0.15) is 29.8 Å². The summed E-state index contributed by atoms with van der Waals surface area (Å²) < 4.78 is 12.3. The molecule has 5 heteroatoms. The Bertz CT molecular complexity index is 957. The maximum Gasteiger partial charge on any atom is 0.255 e. The summed E-state index contributed by atoms with van der Waals surface area (Å²) in [6.07, 6.45) is 0.895. The molecule has 4 nitrogen and oxygen atoms in total. The van der Waals surface area contributed by atoms with Crippen LogP contribution >= 0.6 is 15.9 Å². The Kier molecular flexibility index (Phi) is 7.30. The fraction of sp³-hybridized carbons (Fsp3) is 0.208. The number of hydrogen-bond donors (Lipinski definition) is 1. The van der Waals surface area contributed by atoms with Crippen molar-refractivity contribution in [1.82, 2.24) is 0 Å². The van der Waals surface area contributed by atoms with Gasteiger partial charge in [-0.2, -0.15) is 0 Å². The van der Waals surface area contributed by atoms with Crippen molar-refractivity contribution in [3.05, 3.63) is 88.4 Å². The van der Waals surface area contributed by atoms with Gasteiger partial charge in [-0.15, -0.1) is 0 Å². The average Bonchev–Trinajstić information content (AvgIpc) is 2.70. The van der Waals surface area contributed by atoms with Crippen LogP contribution in [0, 0.1) is 0 Å². The van der Waals surface area contributed by atoms with Crippen molar-refractivity contribution in [2.24, 2.45) is 0 Å². The highest BCUT2D eigenvalue weighted by molar-refractivity contribution is 9.10. The molecule has 3 aromatic carbocycles. The number of carbonyl (C=O) groups is 1. The predicted octanol–water partition coefficient (Wildman–Crippen LogP) is 6.11. The van der Waals surface area contributed by atoms with Crippen LogP contribution in [0.2, 0.25) is 0 Å². The lowest BCUT2D eigenvalue weighted by Gasteiger charge is -2.13. The van der Waals surface area contributed by atoms with Gasteiger partial charge in [0, 0.05) is 23.7 Å². The van der Waals surface area contributed by atoms with E-state index in [0.717, 1.165) is 16.6 Å². The summed E-state index contributed by atoms with van der Waals surface area (Å²) in [6.45, 7) is 4.50. The topological polar surface area (TPSA) is 47.6 Å². The predicted molar refractivity (Wildman–Crippen MR) is 120 cm³/mol. The van der Waals surface area contributed by atoms with Crippen molar-refractivity contribution >= 4 is 27.5 Å². The van der Waals surface area contributed by atoms with Crippen LogP contribution in [-0.4, -0.2) is 18.6 Å². The lowest BCUT2D eigenvalue weighted by molar-refractivity contribution is 0.102. The Balaban J connectivity index is 1.59. The molecule has 0 fully saturated rings. The summed E-state index contributed by atoms with van der Waals surface area (Å²) in [4.78, 5) is 12.6. The number of benzene rings is 3. The van der Waals surface area contributed by atoms with Gasteiger partial charge in [0.25, 0.3) is 5.91 Å². The van der Waals surface area contributed by atoms with Gasteiger partial charge in [-0.25, -0.2) is 0 Å². The minimum absolute atomic E-state index is 0.0654. The quantitative estimate of drug-likeness (QED) is 0.447. The molecule has 3 rings (SSSR count). The van der Waals surface area contributed by atoms with E-state index in [4.69, 9.17) is 9.47 Å². The van der Waals surface area contributed by atoms with Crippen LogP contribution in [0.5, 0.6) is 11.5 Å². The van der Waals surface area contributed by atoms with Gasteiger partial charge in [-0.3, -0.25) is 4.79 Å². The Morgan fingerprint density at radius 1 is 1.00 bits per heavy atom. The highest BCUT2D eigenvalue weighted by Gasteiger charge is 2.11. The second-order valence-electron chi connectivity index (χ2n) is 6.88. The number of nitrogens with one attached hydrogen (secondary N) is 1. The molecule has 1 N–H and O–H groups in total. The Labute approximate surface area is 180 Å². The van der Waals surface area contributed by atoms with Gasteiger partial charge in [0.05, 0.1) is 17.2 Å². The van der Waals surface area contributed by atoms with E-state index in [-0.39, 0.29) is 12.0 Å². The Morgan fingerprint density at radius 2 is 1.79 bits per heavy atom. The van der Waals surface area contributed by atoms with Crippen molar-refractivity contribution in [2.75, 3.05) is 11.9 Å². The smallest absolute Gasteiger partial charge is 0.255 e. The molecule has 150 valence electrons. The zero-order chi connectivity index (χ0) is 20.6. The SMILES string of the molecule is CC(C)Oc1ccc(C(=O)Nc2cccc(OCCc3ccccc3)c2)cc1Br. The van der Waals surface area contributed by atoms with Crippen molar-refractivity contribution in [3.63, 3.8) is 0 Å². The fourth-order valence-electron chi connectivity index (χ4n) is 2.79. The third kappa shape index (κ3) is 6.36. The molecular weight excluding hydrogens is 430 g/mol. The molecule has 1 amide bonds. The summed E-state index contributed by atoms with van der Waals surface area (Å²) in [7, 11) is 0. The van der Waals surface area contributed by atoms with Gasteiger partial charge in [0.2, 0.25) is 0 Å². The van der Waals surface area contributed by atoms with Crippen LogP contribution in [0.3, 0.4) is 0 Å². The third-order valence-electron chi connectivity index (χ3n) is 4.15. The number of amides is 1. The zero-order valence-electron chi connectivity index (χ0n) is 16.5. The van der Waals surface area contributed by atoms with Crippen molar-refractivity contribution in [1.29, 1.82) is 0 Å². The summed E-state index contributed by atoms with van der Waals surface area (Å²) in [5.41, 5.74) is 2.46. The van der Waals surface area contributed by atoms with E-state index in [1.807, 2.05) is 56.3 Å². The van der Waals surface area contributed by atoms with Crippen molar-refractivity contribution in [2.45, 2.75) is 26.4 Å². The molecule has 0 aliphatic rings. The van der Waals surface area contributed by atoms with Crippen LogP contribution in [-0.2, 0) is 6.42 Å². The number of anilines is 1. The summed E-state index contributed by atoms with van der Waals surface area (Å²) in [5.74, 6) is 1.24. The van der Waals surface area contributed by atoms with E-state index in [0.29, 0.717) is 23.6 Å². The van der Waals surface area contributed by atoms with Gasteiger partial charge < -0.3 is 14.8 Å². The number of hydrogen-bond acceptors (Lipinski definition) is 3. The van der Waals surface area contributed by atoms with Gasteiger partial charge >= 0.3 is 0 Å². The lowest BCUT2D eigenvalue weighted by Crippen LogP contribution is -2.12. The third-order valence-corrected chi connectivity index (χ3v) is 4.77. The Morgan fingerprint density at radius 3 is 2.52 bits per heavy atom. The van der Waals surface area contributed by atoms with Crippen LogP contribution < -0.4 is 14.8 Å². The van der Waals surface area contributed by atoms with E-state index in [2.05, 4.69) is 33.4 Å². The Hall–Kier alpha value is -2.79. The number of carbonyl (C=O) groups excluding carboxylic acids is 1. The molecule has 0 heterocycles. The molecule has 0 aliphatic heterocycles. The van der Waals surface area contributed by atoms with E-state index < -0.39 is 0 Å². The molecule has 0 radical (unpaired) electrons. The molecule has 0 aliphatic carbocycles. The highest BCUT2D eigenvalue weighted by atomic mass is 79.9. The van der Waals surface area contributed by atoms with Crippen LogP contribution in [0.4, 0.5) is 5.69 Å². The van der Waals surface area contributed by atoms with Crippen molar-refractivity contribution in [3.8, 4) is 11.5 Å². The fourth-order valence-corrected chi connectivity index (χ4v) is 3.26. The normalized spacial score (nSPS) is 10.6. The highest BCUT2D eigenvalue weighted by Crippen LogP contribution is 2.27. The number of rotatable bonds is 8. The molecule has 0 aromatic heterocycles. The second-order valence-corrected chi connectivity index (χ2v) is 7.73. The molecule has 0 saturated heterocycles. The van der Waals surface area contributed by atoms with Crippen LogP contribution in [0.15, 0.2) is 77.3 Å².